The Morgan fingerprint density at radius 3 is 2.37 bits per heavy atom. The van der Waals surface area contributed by atoms with Gasteiger partial charge in [-0.05, 0) is 79.1 Å². The Hall–Kier alpha value is -2.72. The highest BCUT2D eigenvalue weighted by atomic mass is 32.2. The number of methoxy groups -OCH3 is 1. The van der Waals surface area contributed by atoms with Crippen LogP contribution >= 0.6 is 11.8 Å². The zero-order valence-corrected chi connectivity index (χ0v) is 16.6. The number of nitrogens with one attached hydrogen (secondary N) is 1. The van der Waals surface area contributed by atoms with E-state index < -0.39 is 0 Å². The van der Waals surface area contributed by atoms with E-state index >= 15 is 0 Å². The molecule has 0 spiro atoms. The average Bonchev–Trinajstić information content (AvgIpc) is 2.66. The van der Waals surface area contributed by atoms with Gasteiger partial charge in [0.2, 0.25) is 5.91 Å². The second kappa shape index (κ2) is 8.78. The van der Waals surface area contributed by atoms with Crippen LogP contribution in [0.5, 0.6) is 5.75 Å². The van der Waals surface area contributed by atoms with E-state index in [9.17, 15) is 4.79 Å². The molecule has 0 bridgehead atoms. The van der Waals surface area contributed by atoms with E-state index in [1.165, 1.54) is 16.0 Å². The topological polar surface area (TPSA) is 38.3 Å². The number of hydrogen-bond acceptors (Lipinski definition) is 3. The van der Waals surface area contributed by atoms with Crippen molar-refractivity contribution in [1.29, 1.82) is 0 Å². The minimum absolute atomic E-state index is 0.0437. The molecule has 0 aliphatic rings. The van der Waals surface area contributed by atoms with Crippen LogP contribution in [0.1, 0.15) is 16.7 Å². The third-order valence-electron chi connectivity index (χ3n) is 4.35. The molecule has 138 valence electrons. The van der Waals surface area contributed by atoms with Gasteiger partial charge in [-0.2, -0.15) is 0 Å². The number of hydrogen-bond donors (Lipinski definition) is 1. The van der Waals surface area contributed by atoms with Gasteiger partial charge in [0.1, 0.15) is 5.75 Å². The van der Waals surface area contributed by atoms with Gasteiger partial charge in [0.25, 0.3) is 0 Å². The van der Waals surface area contributed by atoms with Crippen LogP contribution in [0.25, 0.3) is 0 Å². The first kappa shape index (κ1) is 19.1. The van der Waals surface area contributed by atoms with Crippen molar-refractivity contribution < 1.29 is 9.53 Å². The first-order valence-electron chi connectivity index (χ1n) is 8.81. The Morgan fingerprint density at radius 1 is 0.926 bits per heavy atom. The second-order valence-electron chi connectivity index (χ2n) is 6.45. The lowest BCUT2D eigenvalue weighted by Gasteiger charge is -2.08. The first-order valence-corrected chi connectivity index (χ1v) is 9.63. The highest BCUT2D eigenvalue weighted by molar-refractivity contribution is 7.99. The smallest absolute Gasteiger partial charge is 0.228 e. The molecular formula is C23H23NO2S. The van der Waals surface area contributed by atoms with E-state index in [1.54, 1.807) is 18.9 Å². The molecule has 0 aromatic heterocycles. The summed E-state index contributed by atoms with van der Waals surface area (Å²) in [6.45, 7) is 4.24. The van der Waals surface area contributed by atoms with Gasteiger partial charge in [-0.15, -0.1) is 0 Å². The van der Waals surface area contributed by atoms with Gasteiger partial charge in [0, 0.05) is 15.5 Å². The fraction of sp³-hybridized carbons (Fsp3) is 0.174. The Bertz CT molecular complexity index is 935. The molecule has 0 saturated heterocycles. The molecule has 0 aliphatic heterocycles. The molecule has 0 atom stereocenters. The molecule has 0 heterocycles. The normalized spacial score (nSPS) is 10.5. The summed E-state index contributed by atoms with van der Waals surface area (Å²) in [6, 6.07) is 22.0. The summed E-state index contributed by atoms with van der Waals surface area (Å²) >= 11 is 1.72. The minimum atomic E-state index is -0.0437. The van der Waals surface area contributed by atoms with E-state index in [-0.39, 0.29) is 5.91 Å². The summed E-state index contributed by atoms with van der Waals surface area (Å²) in [5.41, 5.74) is 4.32. The molecule has 4 heteroatoms. The molecule has 0 fully saturated rings. The number of rotatable bonds is 6. The lowest BCUT2D eigenvalue weighted by molar-refractivity contribution is -0.115. The zero-order valence-electron chi connectivity index (χ0n) is 15.8. The highest BCUT2D eigenvalue weighted by Crippen LogP contribution is 2.29. The van der Waals surface area contributed by atoms with Gasteiger partial charge in [0.15, 0.2) is 0 Å². The zero-order chi connectivity index (χ0) is 19.2. The summed E-state index contributed by atoms with van der Waals surface area (Å²) in [5.74, 6) is 0.714. The van der Waals surface area contributed by atoms with Crippen LogP contribution in [0.4, 0.5) is 5.69 Å². The van der Waals surface area contributed by atoms with Gasteiger partial charge < -0.3 is 10.1 Å². The summed E-state index contributed by atoms with van der Waals surface area (Å²) in [7, 11) is 1.62. The standard InChI is InChI=1S/C23H23NO2S/c1-16-7-10-22(13-17(16)2)27-21-11-8-19(9-12-21)24-23(25)15-18-5-4-6-20(14-18)26-3/h4-14H,15H2,1-3H3,(H,24,25). The average molecular weight is 378 g/mol. The van der Waals surface area contributed by atoms with Crippen LogP contribution in [0.15, 0.2) is 76.5 Å². The molecule has 0 radical (unpaired) electrons. The number of carbonyl (C=O) groups excluding carboxylic acids is 1. The van der Waals surface area contributed by atoms with Crippen molar-refractivity contribution in [3.8, 4) is 5.75 Å². The van der Waals surface area contributed by atoms with E-state index in [4.69, 9.17) is 4.74 Å². The Morgan fingerprint density at radius 2 is 1.67 bits per heavy atom. The van der Waals surface area contributed by atoms with Crippen molar-refractivity contribution in [2.75, 3.05) is 12.4 Å². The molecule has 27 heavy (non-hydrogen) atoms. The van der Waals surface area contributed by atoms with Crippen molar-refractivity contribution in [2.24, 2.45) is 0 Å². The fourth-order valence-corrected chi connectivity index (χ4v) is 3.61. The number of carbonyl (C=O) groups is 1. The first-order chi connectivity index (χ1) is 13.0. The Labute approximate surface area is 164 Å². The monoisotopic (exact) mass is 377 g/mol. The number of benzene rings is 3. The predicted molar refractivity (Wildman–Crippen MR) is 112 cm³/mol. The van der Waals surface area contributed by atoms with Gasteiger partial charge in [-0.3, -0.25) is 4.79 Å². The molecule has 3 aromatic rings. The molecule has 3 nitrogen and oxygen atoms in total. The van der Waals surface area contributed by atoms with Crippen LogP contribution in [0, 0.1) is 13.8 Å². The number of aryl methyl sites for hydroxylation is 2. The van der Waals surface area contributed by atoms with Gasteiger partial charge in [0.05, 0.1) is 13.5 Å². The second-order valence-corrected chi connectivity index (χ2v) is 7.60. The van der Waals surface area contributed by atoms with Crippen molar-refractivity contribution >= 4 is 23.4 Å². The molecule has 0 aliphatic carbocycles. The molecule has 3 rings (SSSR count). The predicted octanol–water partition coefficient (Wildman–Crippen LogP) is 5.64. The molecule has 3 aromatic carbocycles. The van der Waals surface area contributed by atoms with Crippen LogP contribution in [0.2, 0.25) is 0 Å². The van der Waals surface area contributed by atoms with Crippen molar-refractivity contribution in [1.82, 2.24) is 0 Å². The van der Waals surface area contributed by atoms with E-state index in [2.05, 4.69) is 37.4 Å². The van der Waals surface area contributed by atoms with Crippen molar-refractivity contribution in [3.05, 3.63) is 83.4 Å². The van der Waals surface area contributed by atoms with Gasteiger partial charge in [-0.25, -0.2) is 0 Å². The van der Waals surface area contributed by atoms with Crippen molar-refractivity contribution in [3.63, 3.8) is 0 Å². The Balaban J connectivity index is 1.59. The van der Waals surface area contributed by atoms with E-state index in [1.807, 2.05) is 48.5 Å². The third-order valence-corrected chi connectivity index (χ3v) is 5.35. The van der Waals surface area contributed by atoms with E-state index in [0.29, 0.717) is 6.42 Å². The lowest BCUT2D eigenvalue weighted by atomic mass is 10.1. The largest absolute Gasteiger partial charge is 0.497 e. The number of amides is 1. The maximum absolute atomic E-state index is 12.3. The quantitative estimate of drug-likeness (QED) is 0.604. The maximum atomic E-state index is 12.3. The fourth-order valence-electron chi connectivity index (χ4n) is 2.69. The highest BCUT2D eigenvalue weighted by Gasteiger charge is 2.06. The van der Waals surface area contributed by atoms with Crippen molar-refractivity contribution in [2.45, 2.75) is 30.1 Å². The lowest BCUT2D eigenvalue weighted by Crippen LogP contribution is -2.14. The molecular weight excluding hydrogens is 354 g/mol. The molecule has 1 amide bonds. The van der Waals surface area contributed by atoms with Gasteiger partial charge >= 0.3 is 0 Å². The summed E-state index contributed by atoms with van der Waals surface area (Å²) in [4.78, 5) is 14.6. The number of anilines is 1. The van der Waals surface area contributed by atoms with Crippen LogP contribution in [-0.4, -0.2) is 13.0 Å². The molecule has 0 saturated carbocycles. The molecule has 1 N–H and O–H groups in total. The minimum Gasteiger partial charge on any atom is -0.497 e. The maximum Gasteiger partial charge on any atom is 0.228 e. The van der Waals surface area contributed by atoms with Gasteiger partial charge in [-0.1, -0.05) is 30.0 Å². The SMILES string of the molecule is COc1cccc(CC(=O)Nc2ccc(Sc3ccc(C)c(C)c3)cc2)c1. The number of ether oxygens (including phenoxy) is 1. The van der Waals surface area contributed by atoms with E-state index in [0.717, 1.165) is 21.9 Å². The van der Waals surface area contributed by atoms with Crippen LogP contribution in [-0.2, 0) is 11.2 Å². The third kappa shape index (κ3) is 5.38. The Kier molecular flexibility index (Phi) is 6.20. The summed E-state index contributed by atoms with van der Waals surface area (Å²) < 4.78 is 5.20. The van der Waals surface area contributed by atoms with Crippen LogP contribution in [0.3, 0.4) is 0 Å². The summed E-state index contributed by atoms with van der Waals surface area (Å²) in [5, 5.41) is 2.95. The molecule has 0 unspecified atom stereocenters. The van der Waals surface area contributed by atoms with Crippen LogP contribution < -0.4 is 10.1 Å². The summed E-state index contributed by atoms with van der Waals surface area (Å²) in [6.07, 6.45) is 0.316.